The van der Waals surface area contributed by atoms with Crippen molar-refractivity contribution in [3.05, 3.63) is 193 Å². The number of nitrogens with zero attached hydrogens (tertiary/aromatic N) is 4. The number of rotatable bonds is 6. The standard InChI is InChI=1S/C44H34N3O.C15H16N.Ir/c1-26(2)35-24-31(28-13-6-5-7-14-28)25-36(27(3)4)41(35)47-39-20-11-10-19-38(39)45-43(47)34-18-12-17-33-37-23-30-22-21-29-15-8-9-16-32(29)40(30)46-44(37)48-42(33)34;1-15(2,3)13-9-10-16-14(11-13)12-7-5-4-6-8-12;/h5-17,19-27H,1-4H3;4-7,9-11H,1-3H3;/q2*-1;. The number of imidazole rings is 1. The molecule has 0 saturated carbocycles. The van der Waals surface area contributed by atoms with Crippen LogP contribution in [0, 0.1) is 12.1 Å². The number of furan rings is 1. The summed E-state index contributed by atoms with van der Waals surface area (Å²) in [6, 6.07) is 61.7. The molecule has 4 aromatic heterocycles. The molecule has 0 unspecified atom stereocenters. The predicted molar refractivity (Wildman–Crippen MR) is 266 cm³/mol. The number of para-hydroxylation sites is 2. The molecule has 0 aliphatic carbocycles. The van der Waals surface area contributed by atoms with E-state index in [-0.39, 0.29) is 37.4 Å². The van der Waals surface area contributed by atoms with Crippen molar-refractivity contribution >= 4 is 54.8 Å². The molecule has 0 fully saturated rings. The second-order valence-corrected chi connectivity index (χ2v) is 18.3. The Labute approximate surface area is 394 Å². The largest absolute Gasteiger partial charge is 0.486 e. The van der Waals surface area contributed by atoms with Gasteiger partial charge in [-0.05, 0) is 92.5 Å². The average molecular weight is 1020 g/mol. The van der Waals surface area contributed by atoms with Gasteiger partial charge < -0.3 is 14.0 Å². The summed E-state index contributed by atoms with van der Waals surface area (Å²) in [6.45, 7) is 15.7. The molecular formula is C59H50IrN4O-2. The van der Waals surface area contributed by atoms with E-state index in [2.05, 4.69) is 198 Å². The third kappa shape index (κ3) is 8.18. The fourth-order valence-corrected chi connectivity index (χ4v) is 8.86. The van der Waals surface area contributed by atoms with Gasteiger partial charge in [-0.15, -0.1) is 54.1 Å². The SMILES string of the molecule is CC(C)(C)c1ccnc(-c2[c-]cccc2)c1.CC(C)c1cc(-c2ccccc2)cc(C(C)C)c1-n1c(-c2[c-]ccc3c2oc2nc4c(ccc5ccccc54)cc23)nc2ccccc21.[Ir]. The van der Waals surface area contributed by atoms with E-state index < -0.39 is 0 Å². The summed E-state index contributed by atoms with van der Waals surface area (Å²) < 4.78 is 9.07. The van der Waals surface area contributed by atoms with Crippen molar-refractivity contribution in [1.29, 1.82) is 0 Å². The van der Waals surface area contributed by atoms with Crippen LogP contribution in [-0.2, 0) is 25.5 Å². The van der Waals surface area contributed by atoms with Crippen LogP contribution < -0.4 is 0 Å². The average Bonchev–Trinajstić information content (AvgIpc) is 3.89. The fourth-order valence-electron chi connectivity index (χ4n) is 8.86. The summed E-state index contributed by atoms with van der Waals surface area (Å²) in [7, 11) is 0. The van der Waals surface area contributed by atoms with Crippen LogP contribution in [0.4, 0.5) is 0 Å². The maximum atomic E-state index is 6.72. The van der Waals surface area contributed by atoms with E-state index in [1.54, 1.807) is 0 Å². The molecule has 5 nitrogen and oxygen atoms in total. The molecule has 0 amide bonds. The van der Waals surface area contributed by atoms with Crippen molar-refractivity contribution in [1.82, 2.24) is 19.5 Å². The first kappa shape index (κ1) is 43.5. The summed E-state index contributed by atoms with van der Waals surface area (Å²) in [6.07, 6.45) is 1.87. The molecule has 11 rings (SSSR count). The predicted octanol–water partition coefficient (Wildman–Crippen LogP) is 15.9. The molecule has 11 aromatic rings. The topological polar surface area (TPSA) is 56.7 Å². The minimum absolute atomic E-state index is 0. The van der Waals surface area contributed by atoms with Crippen LogP contribution in [0.15, 0.2) is 168 Å². The van der Waals surface area contributed by atoms with Gasteiger partial charge in [-0.25, -0.2) is 4.98 Å². The van der Waals surface area contributed by atoms with Gasteiger partial charge in [0.1, 0.15) is 0 Å². The summed E-state index contributed by atoms with van der Waals surface area (Å²) >= 11 is 0. The smallest absolute Gasteiger partial charge is 0.216 e. The first-order valence-corrected chi connectivity index (χ1v) is 22.2. The van der Waals surface area contributed by atoms with Gasteiger partial charge >= 0.3 is 0 Å². The zero-order valence-electron chi connectivity index (χ0n) is 37.8. The molecule has 0 N–H and O–H groups in total. The minimum Gasteiger partial charge on any atom is -0.486 e. The van der Waals surface area contributed by atoms with Crippen LogP contribution in [0.2, 0.25) is 0 Å². The number of fused-ring (bicyclic) bond motifs is 7. The third-order valence-electron chi connectivity index (χ3n) is 12.3. The van der Waals surface area contributed by atoms with Crippen molar-refractivity contribution in [2.75, 3.05) is 0 Å². The first-order chi connectivity index (χ1) is 31.0. The van der Waals surface area contributed by atoms with Crippen LogP contribution >= 0.6 is 0 Å². The van der Waals surface area contributed by atoms with E-state index >= 15 is 0 Å². The maximum Gasteiger partial charge on any atom is 0.216 e. The molecule has 0 aliphatic rings. The summed E-state index contributed by atoms with van der Waals surface area (Å²) in [5, 5.41) is 5.37. The number of aromatic nitrogens is 4. The number of hydrogen-bond acceptors (Lipinski definition) is 4. The van der Waals surface area contributed by atoms with E-state index in [4.69, 9.17) is 14.4 Å². The van der Waals surface area contributed by atoms with Gasteiger partial charge in [-0.1, -0.05) is 144 Å². The van der Waals surface area contributed by atoms with Crippen molar-refractivity contribution in [3.63, 3.8) is 0 Å². The number of benzene rings is 7. The van der Waals surface area contributed by atoms with E-state index in [0.29, 0.717) is 5.71 Å². The molecule has 6 heteroatoms. The van der Waals surface area contributed by atoms with Crippen molar-refractivity contribution < 1.29 is 24.5 Å². The molecule has 0 aliphatic heterocycles. The van der Waals surface area contributed by atoms with Crippen molar-refractivity contribution in [3.8, 4) is 39.5 Å². The van der Waals surface area contributed by atoms with E-state index in [1.165, 1.54) is 33.5 Å². The van der Waals surface area contributed by atoms with E-state index in [1.807, 2.05) is 36.5 Å². The van der Waals surface area contributed by atoms with Crippen molar-refractivity contribution in [2.24, 2.45) is 0 Å². The van der Waals surface area contributed by atoms with Gasteiger partial charge in [-0.3, -0.25) is 4.98 Å². The minimum atomic E-state index is 0. The molecule has 1 radical (unpaired) electrons. The summed E-state index contributed by atoms with van der Waals surface area (Å²) in [5.41, 5.74) is 14.8. The van der Waals surface area contributed by atoms with E-state index in [0.717, 1.165) is 71.7 Å². The Morgan fingerprint density at radius 2 is 1.31 bits per heavy atom. The van der Waals surface area contributed by atoms with Crippen LogP contribution in [0.25, 0.3) is 94.2 Å². The molecule has 4 heterocycles. The van der Waals surface area contributed by atoms with Crippen LogP contribution in [0.1, 0.15) is 77.0 Å². The van der Waals surface area contributed by atoms with Gasteiger partial charge in [0, 0.05) is 48.1 Å². The molecule has 0 spiro atoms. The Bertz CT molecular complexity index is 3460. The Balaban J connectivity index is 0.000000266. The Morgan fingerprint density at radius 3 is 2.05 bits per heavy atom. The van der Waals surface area contributed by atoms with Gasteiger partial charge in [0.05, 0.1) is 28.0 Å². The molecular weight excluding hydrogens is 973 g/mol. The summed E-state index contributed by atoms with van der Waals surface area (Å²) in [4.78, 5) is 14.8. The summed E-state index contributed by atoms with van der Waals surface area (Å²) in [5.74, 6) is 1.35. The van der Waals surface area contributed by atoms with Gasteiger partial charge in [0.2, 0.25) is 5.71 Å². The normalized spacial score (nSPS) is 11.8. The molecule has 7 aromatic carbocycles. The van der Waals surface area contributed by atoms with Crippen LogP contribution in [0.3, 0.4) is 0 Å². The quantitative estimate of drug-likeness (QED) is 0.123. The first-order valence-electron chi connectivity index (χ1n) is 22.2. The van der Waals surface area contributed by atoms with E-state index in [9.17, 15) is 0 Å². The Kier molecular flexibility index (Phi) is 11.8. The van der Waals surface area contributed by atoms with Crippen molar-refractivity contribution in [2.45, 2.75) is 65.7 Å². The fraction of sp³-hybridized carbons (Fsp3) is 0.169. The Morgan fingerprint density at radius 1 is 0.600 bits per heavy atom. The number of pyridine rings is 2. The second-order valence-electron chi connectivity index (χ2n) is 18.3. The second kappa shape index (κ2) is 17.7. The Hall–Kier alpha value is -6.72. The van der Waals surface area contributed by atoms with Gasteiger partial charge in [0.15, 0.2) is 0 Å². The third-order valence-corrected chi connectivity index (χ3v) is 12.3. The zero-order chi connectivity index (χ0) is 44.1. The van der Waals surface area contributed by atoms with Crippen LogP contribution in [0.5, 0.6) is 0 Å². The molecule has 65 heavy (non-hydrogen) atoms. The molecule has 0 saturated heterocycles. The van der Waals surface area contributed by atoms with Crippen LogP contribution in [-0.4, -0.2) is 19.5 Å². The van der Waals surface area contributed by atoms with Gasteiger partial charge in [-0.2, -0.15) is 0 Å². The zero-order valence-corrected chi connectivity index (χ0v) is 40.2. The van der Waals surface area contributed by atoms with Gasteiger partial charge in [0.25, 0.3) is 0 Å². The number of hydrogen-bond donors (Lipinski definition) is 0. The molecule has 0 bridgehead atoms. The molecule has 0 atom stereocenters. The molecule has 323 valence electrons. The maximum absolute atomic E-state index is 6.72. The monoisotopic (exact) mass is 1020 g/mol.